The highest BCUT2D eigenvalue weighted by atomic mass is 16.5. The summed E-state index contributed by atoms with van der Waals surface area (Å²) in [5.74, 6) is 1.42. The van der Waals surface area contributed by atoms with E-state index in [1.165, 1.54) is 0 Å². The lowest BCUT2D eigenvalue weighted by atomic mass is 10.1. The summed E-state index contributed by atoms with van der Waals surface area (Å²) in [5.41, 5.74) is 3.52. The number of methoxy groups -OCH3 is 1. The first-order chi connectivity index (χ1) is 11.8. The Morgan fingerprint density at radius 1 is 0.833 bits per heavy atom. The van der Waals surface area contributed by atoms with Crippen LogP contribution in [0.5, 0.6) is 5.75 Å². The van der Waals surface area contributed by atoms with E-state index in [0.717, 1.165) is 33.6 Å². The van der Waals surface area contributed by atoms with Crippen molar-refractivity contribution in [3.05, 3.63) is 72.9 Å². The summed E-state index contributed by atoms with van der Waals surface area (Å²) < 4.78 is 5.35. The molecule has 4 rings (SSSR count). The van der Waals surface area contributed by atoms with E-state index in [9.17, 15) is 0 Å². The van der Waals surface area contributed by atoms with Crippen molar-refractivity contribution in [2.45, 2.75) is 0 Å². The van der Waals surface area contributed by atoms with E-state index in [2.05, 4.69) is 9.97 Å². The monoisotopic (exact) mass is 313 g/mol. The van der Waals surface area contributed by atoms with Crippen LogP contribution in [-0.2, 0) is 0 Å². The molecule has 0 atom stereocenters. The molecule has 0 spiro atoms. The quantitative estimate of drug-likeness (QED) is 0.563. The first kappa shape index (κ1) is 14.3. The molecule has 2 heterocycles. The van der Waals surface area contributed by atoms with Crippen LogP contribution >= 0.6 is 0 Å². The zero-order chi connectivity index (χ0) is 16.4. The number of nitrogens with zero attached hydrogens (tertiary/aromatic N) is 3. The average molecular weight is 313 g/mol. The third-order valence-corrected chi connectivity index (χ3v) is 3.84. The van der Waals surface area contributed by atoms with Crippen LogP contribution in [0.2, 0.25) is 0 Å². The Kier molecular flexibility index (Phi) is 3.63. The average Bonchev–Trinajstić information content (AvgIpc) is 2.68. The summed E-state index contributed by atoms with van der Waals surface area (Å²) >= 11 is 0. The number of pyridine rings is 1. The van der Waals surface area contributed by atoms with Crippen molar-refractivity contribution in [3.63, 3.8) is 0 Å². The second-order valence-electron chi connectivity index (χ2n) is 5.36. The van der Waals surface area contributed by atoms with Gasteiger partial charge in [-0.3, -0.25) is 4.98 Å². The molecule has 0 aliphatic heterocycles. The summed E-state index contributed by atoms with van der Waals surface area (Å²) in [6.07, 6.45) is 1.75. The van der Waals surface area contributed by atoms with Gasteiger partial charge in [-0.1, -0.05) is 36.4 Å². The first-order valence-corrected chi connectivity index (χ1v) is 7.68. The molecule has 2 aromatic heterocycles. The summed E-state index contributed by atoms with van der Waals surface area (Å²) in [6.45, 7) is 0. The molecule has 4 aromatic rings. The molecule has 0 saturated heterocycles. The lowest BCUT2D eigenvalue weighted by molar-refractivity contribution is 0.415. The molecule has 0 saturated carbocycles. The van der Waals surface area contributed by atoms with Crippen molar-refractivity contribution in [1.29, 1.82) is 0 Å². The van der Waals surface area contributed by atoms with Crippen LogP contribution in [-0.4, -0.2) is 22.1 Å². The standard InChI is InChI=1S/C20H15N3O/c1-24-15-8-6-7-14(13-15)19-16-9-2-3-10-17(16)22-20(23-19)18-11-4-5-12-21-18/h2-13H,1H3. The Morgan fingerprint density at radius 2 is 1.71 bits per heavy atom. The molecular weight excluding hydrogens is 298 g/mol. The van der Waals surface area contributed by atoms with Crippen LogP contribution in [0, 0.1) is 0 Å². The molecular formula is C20H15N3O. The molecule has 0 amide bonds. The van der Waals surface area contributed by atoms with E-state index in [1.54, 1.807) is 13.3 Å². The number of hydrogen-bond acceptors (Lipinski definition) is 4. The SMILES string of the molecule is COc1cccc(-c2nc(-c3ccccn3)nc3ccccc23)c1. The van der Waals surface area contributed by atoms with Crippen LogP contribution in [0.15, 0.2) is 72.9 Å². The van der Waals surface area contributed by atoms with Crippen LogP contribution in [0.1, 0.15) is 0 Å². The van der Waals surface area contributed by atoms with Gasteiger partial charge in [-0.25, -0.2) is 9.97 Å². The maximum Gasteiger partial charge on any atom is 0.179 e. The van der Waals surface area contributed by atoms with Crippen molar-refractivity contribution >= 4 is 10.9 Å². The summed E-state index contributed by atoms with van der Waals surface area (Å²) in [7, 11) is 1.66. The van der Waals surface area contributed by atoms with Crippen molar-refractivity contribution in [1.82, 2.24) is 15.0 Å². The number of aromatic nitrogens is 3. The van der Waals surface area contributed by atoms with E-state index >= 15 is 0 Å². The summed E-state index contributed by atoms with van der Waals surface area (Å²) in [6, 6.07) is 21.6. The second-order valence-corrected chi connectivity index (χ2v) is 5.36. The van der Waals surface area contributed by atoms with Gasteiger partial charge in [0.25, 0.3) is 0 Å². The molecule has 24 heavy (non-hydrogen) atoms. The van der Waals surface area contributed by atoms with Crippen molar-refractivity contribution < 1.29 is 4.74 Å². The van der Waals surface area contributed by atoms with E-state index in [4.69, 9.17) is 9.72 Å². The zero-order valence-electron chi connectivity index (χ0n) is 13.2. The minimum absolute atomic E-state index is 0.618. The molecule has 0 fully saturated rings. The molecule has 0 aliphatic carbocycles. The number of rotatable bonds is 3. The van der Waals surface area contributed by atoms with Crippen LogP contribution < -0.4 is 4.74 Å². The third kappa shape index (κ3) is 2.58. The van der Waals surface area contributed by atoms with E-state index in [-0.39, 0.29) is 0 Å². The Labute approximate surface area is 139 Å². The lowest BCUT2D eigenvalue weighted by Gasteiger charge is -2.09. The highest BCUT2D eigenvalue weighted by Gasteiger charge is 2.12. The molecule has 4 nitrogen and oxygen atoms in total. The summed E-state index contributed by atoms with van der Waals surface area (Å²) in [5, 5.41) is 1.01. The maximum absolute atomic E-state index is 5.35. The highest BCUT2D eigenvalue weighted by Crippen LogP contribution is 2.30. The van der Waals surface area contributed by atoms with Crippen LogP contribution in [0.3, 0.4) is 0 Å². The van der Waals surface area contributed by atoms with Gasteiger partial charge in [0.2, 0.25) is 0 Å². The van der Waals surface area contributed by atoms with Crippen molar-refractivity contribution in [2.24, 2.45) is 0 Å². The van der Waals surface area contributed by atoms with Crippen molar-refractivity contribution in [2.75, 3.05) is 7.11 Å². The Morgan fingerprint density at radius 3 is 2.54 bits per heavy atom. The highest BCUT2D eigenvalue weighted by molar-refractivity contribution is 5.93. The van der Waals surface area contributed by atoms with E-state index in [1.807, 2.05) is 66.7 Å². The number of ether oxygens (including phenoxy) is 1. The first-order valence-electron chi connectivity index (χ1n) is 7.68. The molecule has 0 aliphatic rings. The number of hydrogen-bond donors (Lipinski definition) is 0. The number of fused-ring (bicyclic) bond motifs is 1. The predicted molar refractivity (Wildman–Crippen MR) is 94.8 cm³/mol. The lowest BCUT2D eigenvalue weighted by Crippen LogP contribution is -1.96. The molecule has 0 N–H and O–H groups in total. The largest absolute Gasteiger partial charge is 0.497 e. The number of para-hydroxylation sites is 1. The maximum atomic E-state index is 5.35. The van der Waals surface area contributed by atoms with Gasteiger partial charge in [0.15, 0.2) is 5.82 Å². The minimum Gasteiger partial charge on any atom is -0.497 e. The van der Waals surface area contributed by atoms with Gasteiger partial charge in [0.05, 0.1) is 18.3 Å². The van der Waals surface area contributed by atoms with Gasteiger partial charge in [-0.2, -0.15) is 0 Å². The molecule has 4 heteroatoms. The molecule has 0 bridgehead atoms. The normalized spacial score (nSPS) is 10.7. The predicted octanol–water partition coefficient (Wildman–Crippen LogP) is 4.37. The van der Waals surface area contributed by atoms with Gasteiger partial charge in [0.1, 0.15) is 11.4 Å². The fourth-order valence-electron chi connectivity index (χ4n) is 2.68. The molecule has 0 radical (unpaired) electrons. The van der Waals surface area contributed by atoms with E-state index in [0.29, 0.717) is 5.82 Å². The van der Waals surface area contributed by atoms with Gasteiger partial charge in [-0.05, 0) is 30.3 Å². The smallest absolute Gasteiger partial charge is 0.179 e. The van der Waals surface area contributed by atoms with Gasteiger partial charge in [-0.15, -0.1) is 0 Å². The van der Waals surface area contributed by atoms with Gasteiger partial charge >= 0.3 is 0 Å². The number of benzene rings is 2. The Bertz CT molecular complexity index is 1000. The molecule has 0 unspecified atom stereocenters. The van der Waals surface area contributed by atoms with Crippen LogP contribution in [0.4, 0.5) is 0 Å². The van der Waals surface area contributed by atoms with Gasteiger partial charge in [0, 0.05) is 17.1 Å². The Balaban J connectivity index is 1.99. The minimum atomic E-state index is 0.618. The fourth-order valence-corrected chi connectivity index (χ4v) is 2.68. The molecule has 2 aromatic carbocycles. The topological polar surface area (TPSA) is 47.9 Å². The van der Waals surface area contributed by atoms with Gasteiger partial charge < -0.3 is 4.74 Å². The van der Waals surface area contributed by atoms with Crippen molar-refractivity contribution in [3.8, 4) is 28.5 Å². The van der Waals surface area contributed by atoms with Crippen LogP contribution in [0.25, 0.3) is 33.7 Å². The second kappa shape index (κ2) is 6.08. The third-order valence-electron chi connectivity index (χ3n) is 3.84. The Hall–Kier alpha value is -3.27. The summed E-state index contributed by atoms with van der Waals surface area (Å²) in [4.78, 5) is 13.8. The van der Waals surface area contributed by atoms with E-state index < -0.39 is 0 Å². The fraction of sp³-hybridized carbons (Fsp3) is 0.0500. The molecule has 116 valence electrons. The zero-order valence-corrected chi connectivity index (χ0v) is 13.2.